The molecule has 20 N–H and O–H groups in total. The Bertz CT molecular complexity index is 2290. The van der Waals surface area contributed by atoms with Crippen LogP contribution in [0.4, 0.5) is 0 Å². The van der Waals surface area contributed by atoms with Gasteiger partial charge in [0.2, 0.25) is 0 Å². The van der Waals surface area contributed by atoms with Gasteiger partial charge >= 0.3 is 88.7 Å². The molecule has 0 aromatic rings. The fraction of sp³-hybridized carbons (Fsp3) is 0.927. The number of carbonyl (C=O) groups is 6. The molecule has 124 heavy (non-hydrogen) atoms. The number of rotatable bonds is 90. The Morgan fingerprint density at radius 1 is 0.258 bits per heavy atom. The van der Waals surface area contributed by atoms with Crippen LogP contribution in [0.3, 0.4) is 0 Å². The van der Waals surface area contributed by atoms with Crippen LogP contribution in [0.2, 0.25) is 12.1 Å². The Hall–Kier alpha value is -1.79. The van der Waals surface area contributed by atoms with E-state index in [9.17, 15) is 121 Å². The van der Waals surface area contributed by atoms with E-state index >= 15 is 0 Å². The summed E-state index contributed by atoms with van der Waals surface area (Å²) in [7, 11) is -0.420. The SMILES string of the molecule is CCCCCCCCCCCCCCCCCC[N+](C)(C)CCC[Si](OCC(CO)(CO)NCC(=O)[O-])(OCC(CO)(CO)NCC(=O)[O-])OCC(CO)(CO)NCC(=O)O.CCCCCCCCCCCCCCCCCC[N+](C)(C)CCC[Si](OCC(CO)(CO)NCC(=O)[O-])(OCC(CO)(CO)NCC(=O)[O-])OCC(CO)(CO)NCC(=O)O.[Na+].[Na+]. The van der Waals surface area contributed by atoms with Crippen molar-refractivity contribution in [2.45, 2.75) is 277 Å². The van der Waals surface area contributed by atoms with Crippen molar-refractivity contribution in [3.05, 3.63) is 0 Å². The predicted octanol–water partition coefficient (Wildman–Crippen LogP) is -9.54. The Balaban J connectivity index is -0.00000114. The third-order valence-corrected chi connectivity index (χ3v) is 27.9. The summed E-state index contributed by atoms with van der Waals surface area (Å²) in [4.78, 5) is 68.0. The predicted molar refractivity (Wildman–Crippen MR) is 454 cm³/mol. The van der Waals surface area contributed by atoms with Crippen LogP contribution in [0.15, 0.2) is 0 Å². The molecule has 0 aromatic carbocycles. The molecule has 0 amide bonds. The third-order valence-electron chi connectivity index (χ3n) is 22.4. The van der Waals surface area contributed by atoms with Gasteiger partial charge in [0.25, 0.3) is 0 Å². The van der Waals surface area contributed by atoms with Crippen LogP contribution in [-0.4, -0.2) is 380 Å². The molecule has 0 spiro atoms. The summed E-state index contributed by atoms with van der Waals surface area (Å²) in [5, 5.41) is 202. The van der Waals surface area contributed by atoms with Gasteiger partial charge in [-0.2, -0.15) is 0 Å². The fourth-order valence-corrected chi connectivity index (χ4v) is 18.9. The zero-order valence-corrected chi connectivity index (χ0v) is 82.9. The number of quaternary nitrogens is 2. The molecule has 0 bridgehead atoms. The monoisotopic (exact) mass is 1850 g/mol. The minimum atomic E-state index is -4.34. The Morgan fingerprint density at radius 2 is 0.403 bits per heavy atom. The van der Waals surface area contributed by atoms with Crippen molar-refractivity contribution < 1.29 is 215 Å². The minimum Gasteiger partial charge on any atom is -0.549 e. The number of carbonyl (C=O) groups excluding carboxylic acids is 4. The van der Waals surface area contributed by atoms with Crippen LogP contribution in [0, 0.1) is 0 Å². The Labute approximate surface area is 785 Å². The molecule has 0 aliphatic carbocycles. The Kier molecular flexibility index (Phi) is 78.3. The maximum absolute atomic E-state index is 11.4. The number of hydrogen-bond acceptors (Lipinski definition) is 34. The topological polar surface area (TPSA) is 605 Å². The molecule has 0 atom stereocenters. The average molecular weight is 1850 g/mol. The summed E-state index contributed by atoms with van der Waals surface area (Å²) >= 11 is 0. The van der Waals surface area contributed by atoms with E-state index in [2.05, 4.69) is 73.9 Å². The second-order valence-electron chi connectivity index (χ2n) is 34.7. The first-order chi connectivity index (χ1) is 58.0. The molecule has 0 aliphatic heterocycles. The molecule has 42 heteroatoms. The van der Waals surface area contributed by atoms with E-state index in [1.807, 2.05) is 0 Å². The van der Waals surface area contributed by atoms with E-state index in [1.165, 1.54) is 167 Å². The van der Waals surface area contributed by atoms with E-state index in [-0.39, 0.29) is 71.2 Å². The van der Waals surface area contributed by atoms with E-state index in [4.69, 9.17) is 26.6 Å². The number of carboxylic acids is 6. The van der Waals surface area contributed by atoms with Gasteiger partial charge in [-0.25, -0.2) is 0 Å². The number of aliphatic hydroxyl groups is 12. The maximum atomic E-state index is 11.4. The second kappa shape index (κ2) is 75.6. The number of hydrogen-bond donors (Lipinski definition) is 20. The van der Waals surface area contributed by atoms with E-state index < -0.39 is 245 Å². The van der Waals surface area contributed by atoms with Crippen molar-refractivity contribution in [1.29, 1.82) is 0 Å². The summed E-state index contributed by atoms with van der Waals surface area (Å²) in [5.41, 5.74) is -10.6. The van der Waals surface area contributed by atoms with Gasteiger partial charge in [0.1, 0.15) is 0 Å². The average Bonchev–Trinajstić information content (AvgIpc) is 0.814. The molecule has 724 valence electrons. The smallest absolute Gasteiger partial charge is 0.549 e. The first-order valence-electron chi connectivity index (χ1n) is 44.5. The van der Waals surface area contributed by atoms with Crippen LogP contribution >= 0.6 is 0 Å². The molecule has 0 heterocycles. The number of aliphatic hydroxyl groups excluding tert-OH is 12. The normalized spacial score (nSPS) is 12.7. The molecule has 0 saturated carbocycles. The van der Waals surface area contributed by atoms with Gasteiger partial charge in [-0.3, -0.25) is 20.2 Å². The molecule has 38 nitrogen and oxygen atoms in total. The van der Waals surface area contributed by atoms with Gasteiger partial charge in [0.15, 0.2) is 0 Å². The Morgan fingerprint density at radius 3 is 0.548 bits per heavy atom. The summed E-state index contributed by atoms with van der Waals surface area (Å²) in [5.74, 6) is -8.75. The minimum absolute atomic E-state index is 0. The summed E-state index contributed by atoms with van der Waals surface area (Å²) in [6.45, 7) is -10.7. The van der Waals surface area contributed by atoms with Crippen molar-refractivity contribution in [1.82, 2.24) is 31.9 Å². The maximum Gasteiger partial charge on any atom is 1.00 e. The zero-order valence-electron chi connectivity index (χ0n) is 76.9. The summed E-state index contributed by atoms with van der Waals surface area (Å²) < 4.78 is 39.0. The van der Waals surface area contributed by atoms with Crippen LogP contribution in [0.1, 0.15) is 232 Å². The molecule has 0 fully saturated rings. The number of unbranched alkanes of at least 4 members (excludes halogenated alkanes) is 30. The number of nitrogens with zero attached hydrogens (tertiary/aromatic N) is 2. The molecule has 0 rings (SSSR count). The van der Waals surface area contributed by atoms with Crippen LogP contribution in [0.5, 0.6) is 0 Å². The summed E-state index contributed by atoms with van der Waals surface area (Å²) in [6.07, 6.45) is 41.2. The van der Waals surface area contributed by atoms with Gasteiger partial charge in [0, 0.05) is 51.1 Å². The first kappa shape index (κ1) is 128. The fourth-order valence-electron chi connectivity index (χ4n) is 13.4. The van der Waals surface area contributed by atoms with E-state index in [1.54, 1.807) is 0 Å². The van der Waals surface area contributed by atoms with Crippen molar-refractivity contribution in [2.75, 3.05) is 213 Å². The van der Waals surface area contributed by atoms with Gasteiger partial charge in [-0.1, -0.05) is 194 Å². The summed E-state index contributed by atoms with van der Waals surface area (Å²) in [6, 6.07) is -0.0271. The zero-order chi connectivity index (χ0) is 92.2. The van der Waals surface area contributed by atoms with Crippen molar-refractivity contribution in [3.8, 4) is 0 Å². The molecule has 0 unspecified atom stereocenters. The third kappa shape index (κ3) is 61.8. The molecule has 0 aromatic heterocycles. The molecular weight excluding hydrogens is 1680 g/mol. The van der Waals surface area contributed by atoms with Crippen LogP contribution in [0.25, 0.3) is 0 Å². The number of carboxylic acid groups (broad SMARTS) is 6. The molecule has 0 aliphatic rings. The van der Waals surface area contributed by atoms with Gasteiger partial charge < -0.3 is 168 Å². The van der Waals surface area contributed by atoms with Gasteiger partial charge in [0.05, 0.1) is 243 Å². The van der Waals surface area contributed by atoms with Gasteiger partial charge in [-0.15, -0.1) is 0 Å². The van der Waals surface area contributed by atoms with Crippen molar-refractivity contribution in [2.24, 2.45) is 0 Å². The van der Waals surface area contributed by atoms with Crippen LogP contribution in [-0.2, 0) is 55.3 Å². The largest absolute Gasteiger partial charge is 1.00 e. The quantitative estimate of drug-likeness (QED) is 0.0153. The van der Waals surface area contributed by atoms with Crippen LogP contribution < -0.4 is 111 Å². The standard InChI is InChI=1S/2C41H84N4O15Si.2Na/c2*1-4-5-6-7-8-9-10-11-12-13-14-15-16-17-18-19-21-45(2,3)22-20-23-61(58-33-39(27-46,28-47)42-24-36(52)53,59-34-40(29-48,30-49)43-25-37(54)55)60-35-41(31-50,32-51)44-26-38(56)57;;/h2*42-44,46-51H,4-35H2,1-3H3,(H2-,52,53,54,55,56,57);;/q;;2*+1/p-2. The van der Waals surface area contributed by atoms with Gasteiger partial charge in [-0.05, 0) is 25.7 Å². The molecular formula is C82H166N8Na2O30Si2. The molecule has 0 saturated heterocycles. The first-order valence-corrected chi connectivity index (χ1v) is 48.4. The van der Waals surface area contributed by atoms with E-state index in [0.717, 1.165) is 51.6 Å². The second-order valence-corrected chi connectivity index (χ2v) is 40.1. The molecule has 0 radical (unpaired) electrons. The number of nitrogens with one attached hydrogen (secondary N) is 6. The van der Waals surface area contributed by atoms with E-state index in [0.29, 0.717) is 34.9 Å². The van der Waals surface area contributed by atoms with Crippen molar-refractivity contribution >= 4 is 53.4 Å². The van der Waals surface area contributed by atoms with Crippen molar-refractivity contribution in [3.63, 3.8) is 0 Å². The number of aliphatic carboxylic acids is 6.